The van der Waals surface area contributed by atoms with Crippen LogP contribution >= 0.6 is 7.82 Å². The number of carbonyl (C=O) groups is 3. The first-order chi connectivity index (χ1) is 36.2. The molecule has 0 radical (unpaired) electrons. The minimum absolute atomic E-state index is 0.0637. The number of unbranched alkanes of at least 4 members (excludes halogenated alkanes) is 12. The van der Waals surface area contributed by atoms with Crippen molar-refractivity contribution in [1.82, 2.24) is 0 Å². The third-order valence-electron chi connectivity index (χ3n) is 11.1. The lowest BCUT2D eigenvalue weighted by Crippen LogP contribution is -2.30. The lowest BCUT2D eigenvalue weighted by Gasteiger charge is -2.21. The summed E-state index contributed by atoms with van der Waals surface area (Å²) in [4.78, 5) is 48.4. The first kappa shape index (κ1) is 69.6. The van der Waals surface area contributed by atoms with Gasteiger partial charge in [-0.1, -0.05) is 206 Å². The zero-order valence-electron chi connectivity index (χ0n) is 46.0. The Hall–Kier alpha value is -4.38. The number of allylic oxidation sites excluding steroid dienone is 21. The number of esters is 3. The number of aliphatic hydroxyl groups is 1. The molecule has 0 fully saturated rings. The molecule has 0 bridgehead atoms. The Kier molecular flexibility index (Phi) is 51.6. The molecule has 0 aromatic rings. The average molecular weight is 1050 g/mol. The molecule has 418 valence electrons. The van der Waals surface area contributed by atoms with Crippen LogP contribution in [-0.2, 0) is 42.2 Å². The van der Waals surface area contributed by atoms with Gasteiger partial charge in [-0.2, -0.15) is 0 Å². The summed E-state index contributed by atoms with van der Waals surface area (Å²) in [5.41, 5.74) is 0. The van der Waals surface area contributed by atoms with Crippen LogP contribution in [0.25, 0.3) is 0 Å². The molecule has 0 amide bonds. The molecule has 0 aromatic carbocycles. The van der Waals surface area contributed by atoms with E-state index in [-0.39, 0.29) is 25.9 Å². The molecule has 0 aliphatic heterocycles. The maximum absolute atomic E-state index is 12.9. The van der Waals surface area contributed by atoms with Gasteiger partial charge in [0.1, 0.15) is 12.7 Å². The van der Waals surface area contributed by atoms with Gasteiger partial charge >= 0.3 is 25.7 Å². The lowest BCUT2D eigenvalue weighted by atomic mass is 10.1. The van der Waals surface area contributed by atoms with Crippen LogP contribution in [-0.4, -0.2) is 66.5 Å². The van der Waals surface area contributed by atoms with Gasteiger partial charge in [0.15, 0.2) is 6.10 Å². The van der Waals surface area contributed by atoms with Crippen molar-refractivity contribution in [1.29, 1.82) is 0 Å². The second-order valence-electron chi connectivity index (χ2n) is 18.0. The fourth-order valence-electron chi connectivity index (χ4n) is 6.87. The highest BCUT2D eigenvalue weighted by molar-refractivity contribution is 7.47. The number of hydrogen-bond acceptors (Lipinski definition) is 10. The maximum atomic E-state index is 12.9. The van der Waals surface area contributed by atoms with Crippen LogP contribution in [0.15, 0.2) is 134 Å². The van der Waals surface area contributed by atoms with Crippen LogP contribution in [0.4, 0.5) is 0 Å². The van der Waals surface area contributed by atoms with E-state index in [1.54, 1.807) is 6.08 Å². The van der Waals surface area contributed by atoms with Gasteiger partial charge < -0.3 is 24.2 Å². The fourth-order valence-corrected chi connectivity index (χ4v) is 7.65. The third kappa shape index (κ3) is 52.5. The Morgan fingerprint density at radius 2 is 0.757 bits per heavy atom. The number of phosphoric ester groups is 1. The number of rotatable bonds is 50. The average Bonchev–Trinajstić information content (AvgIpc) is 3.39. The summed E-state index contributed by atoms with van der Waals surface area (Å²) < 4.78 is 39.3. The summed E-state index contributed by atoms with van der Waals surface area (Å²) in [6, 6.07) is 0. The molecule has 0 rings (SSSR count). The molecule has 3 atom stereocenters. The van der Waals surface area contributed by atoms with E-state index in [1.807, 2.05) is 18.2 Å². The second-order valence-corrected chi connectivity index (χ2v) is 19.4. The molecule has 0 saturated heterocycles. The molecular weight excluding hydrogens is 952 g/mol. The van der Waals surface area contributed by atoms with E-state index in [0.717, 1.165) is 141 Å². The Labute approximate surface area is 449 Å². The molecular formula is C62H99O11P. The molecule has 12 heteroatoms. The monoisotopic (exact) mass is 1050 g/mol. The first-order valence-corrected chi connectivity index (χ1v) is 29.6. The Balaban J connectivity index is 4.86. The summed E-state index contributed by atoms with van der Waals surface area (Å²) in [6.07, 6.45) is 68.7. The van der Waals surface area contributed by atoms with Crippen molar-refractivity contribution in [2.24, 2.45) is 0 Å². The van der Waals surface area contributed by atoms with E-state index < -0.39 is 57.8 Å². The Bertz CT molecular complexity index is 1750. The van der Waals surface area contributed by atoms with Crippen molar-refractivity contribution in [3.63, 3.8) is 0 Å². The zero-order valence-corrected chi connectivity index (χ0v) is 46.9. The molecule has 0 saturated carbocycles. The van der Waals surface area contributed by atoms with Crippen LogP contribution in [0.3, 0.4) is 0 Å². The minimum Gasteiger partial charge on any atom is -0.462 e. The molecule has 0 heterocycles. The van der Waals surface area contributed by atoms with Crippen molar-refractivity contribution < 1.29 is 52.2 Å². The number of ether oxygens (including phenoxy) is 3. The van der Waals surface area contributed by atoms with Crippen LogP contribution < -0.4 is 0 Å². The summed E-state index contributed by atoms with van der Waals surface area (Å²) >= 11 is 0. The fraction of sp³-hybridized carbons (Fsp3) is 0.597. The number of aliphatic hydroxyl groups excluding tert-OH is 1. The van der Waals surface area contributed by atoms with Crippen molar-refractivity contribution in [2.45, 2.75) is 213 Å². The summed E-state index contributed by atoms with van der Waals surface area (Å²) in [7, 11) is -4.79. The van der Waals surface area contributed by atoms with E-state index in [4.69, 9.17) is 23.3 Å². The largest absolute Gasteiger partial charge is 0.472 e. The van der Waals surface area contributed by atoms with Gasteiger partial charge in [-0.3, -0.25) is 23.4 Å². The van der Waals surface area contributed by atoms with Gasteiger partial charge in [-0.25, -0.2) is 4.57 Å². The molecule has 0 aliphatic rings. The number of carbonyl (C=O) groups excluding carboxylic acids is 3. The van der Waals surface area contributed by atoms with Gasteiger partial charge in [0.2, 0.25) is 0 Å². The van der Waals surface area contributed by atoms with Crippen LogP contribution in [0.1, 0.15) is 201 Å². The van der Waals surface area contributed by atoms with E-state index >= 15 is 0 Å². The van der Waals surface area contributed by atoms with Crippen LogP contribution in [0.5, 0.6) is 0 Å². The first-order valence-electron chi connectivity index (χ1n) is 28.1. The van der Waals surface area contributed by atoms with Crippen molar-refractivity contribution in [2.75, 3.05) is 26.4 Å². The predicted molar refractivity (Wildman–Crippen MR) is 306 cm³/mol. The second kappa shape index (κ2) is 54.9. The van der Waals surface area contributed by atoms with E-state index in [2.05, 4.69) is 130 Å². The van der Waals surface area contributed by atoms with Gasteiger partial charge in [0.25, 0.3) is 0 Å². The summed E-state index contributed by atoms with van der Waals surface area (Å²) in [5.74, 6) is -1.65. The smallest absolute Gasteiger partial charge is 0.462 e. The number of phosphoric acid groups is 1. The molecule has 11 nitrogen and oxygen atoms in total. The summed E-state index contributed by atoms with van der Waals surface area (Å²) in [5, 5.41) is 9.79. The quantitative estimate of drug-likeness (QED) is 0.0197. The normalized spacial score (nSPS) is 14.4. The van der Waals surface area contributed by atoms with Gasteiger partial charge in [-0.05, 0) is 109 Å². The minimum atomic E-state index is -4.79. The molecule has 0 aliphatic carbocycles. The van der Waals surface area contributed by atoms with Gasteiger partial charge in [-0.15, -0.1) is 0 Å². The SMILES string of the molecule is CC/C=C\C/C=C\C/C=C\C/C=C\C/C=C\CC(=O)OC(CO)COP(=O)(O)OCC(COC(=O)CCCCCCC/C=C\C/C=C\CCC)OC(=O)CCCCCCCC/C=C\C/C=C\C/C=C\C/C=C\CC. The number of hydrogen-bond donors (Lipinski definition) is 2. The predicted octanol–water partition coefficient (Wildman–Crippen LogP) is 16.6. The topological polar surface area (TPSA) is 155 Å². The van der Waals surface area contributed by atoms with Crippen LogP contribution in [0, 0.1) is 0 Å². The molecule has 74 heavy (non-hydrogen) atoms. The lowest BCUT2D eigenvalue weighted by molar-refractivity contribution is -0.161. The molecule has 3 unspecified atom stereocenters. The standard InChI is InChI=1S/C62H99O11P/c1-4-7-10-13-16-19-22-25-27-28-29-30-32-35-38-41-44-47-50-53-62(66)73-59(55-69-60(64)51-48-45-42-39-36-33-24-21-18-15-12-9-6-3)57-71-74(67,68)70-56-58(54-63)72-61(65)52-49-46-43-40-37-34-31-26-23-20-17-14-11-8-5-2/h7-8,10-12,15-17,19-21,24-27,29-31,37,40,46,49,58-59,63H,4-6,9,13-14,18,22-23,28,32-36,38-39,41-45,47-48,50-57H2,1-3H3,(H,67,68)/b10-7-,11-8-,15-12-,19-16-,20-17-,24-21-,27-25-,30-29-,31-26-,40-37-,49-46-. The van der Waals surface area contributed by atoms with Crippen LogP contribution in [0.2, 0.25) is 0 Å². The van der Waals surface area contributed by atoms with Gasteiger partial charge in [0.05, 0.1) is 26.2 Å². The van der Waals surface area contributed by atoms with Crippen molar-refractivity contribution in [3.05, 3.63) is 134 Å². The highest BCUT2D eigenvalue weighted by atomic mass is 31.2. The zero-order chi connectivity index (χ0) is 54.1. The molecule has 2 N–H and O–H groups in total. The van der Waals surface area contributed by atoms with Crippen molar-refractivity contribution in [3.8, 4) is 0 Å². The van der Waals surface area contributed by atoms with E-state index in [1.165, 1.54) is 0 Å². The summed E-state index contributed by atoms with van der Waals surface area (Å²) in [6.45, 7) is 4.18. The Morgan fingerprint density at radius 3 is 1.19 bits per heavy atom. The van der Waals surface area contributed by atoms with Gasteiger partial charge in [0, 0.05) is 12.8 Å². The van der Waals surface area contributed by atoms with E-state index in [0.29, 0.717) is 19.3 Å². The van der Waals surface area contributed by atoms with E-state index in [9.17, 15) is 28.9 Å². The highest BCUT2D eigenvalue weighted by Gasteiger charge is 2.28. The Morgan fingerprint density at radius 1 is 0.405 bits per heavy atom. The van der Waals surface area contributed by atoms with Crippen molar-refractivity contribution >= 4 is 25.7 Å². The maximum Gasteiger partial charge on any atom is 0.472 e. The highest BCUT2D eigenvalue weighted by Crippen LogP contribution is 2.43. The molecule has 0 spiro atoms. The molecule has 0 aromatic heterocycles. The third-order valence-corrected chi connectivity index (χ3v) is 12.0.